The molecular formula is C12H19N5O. The topological polar surface area (TPSA) is 78.0 Å². The second kappa shape index (κ2) is 5.68. The van der Waals surface area contributed by atoms with Crippen LogP contribution in [0.5, 0.6) is 0 Å². The molecule has 0 atom stereocenters. The van der Waals surface area contributed by atoms with Crippen molar-refractivity contribution < 1.29 is 5.21 Å². The summed E-state index contributed by atoms with van der Waals surface area (Å²) in [5, 5.41) is 11.9. The Morgan fingerprint density at radius 1 is 1.44 bits per heavy atom. The Morgan fingerprint density at radius 3 is 2.78 bits per heavy atom. The quantitative estimate of drug-likeness (QED) is 0.349. The second-order valence-electron chi connectivity index (χ2n) is 4.30. The van der Waals surface area contributed by atoms with Crippen LogP contribution >= 0.6 is 0 Å². The molecule has 6 nitrogen and oxygen atoms in total. The van der Waals surface area contributed by atoms with Crippen LogP contribution in [0.25, 0.3) is 0 Å². The van der Waals surface area contributed by atoms with Crippen LogP contribution in [0, 0.1) is 0 Å². The Balaban J connectivity index is 2.19. The van der Waals surface area contributed by atoms with Gasteiger partial charge in [-0.15, -0.1) is 0 Å². The van der Waals surface area contributed by atoms with Gasteiger partial charge in [0.05, 0.1) is 11.9 Å². The van der Waals surface area contributed by atoms with Crippen LogP contribution in [0.3, 0.4) is 0 Å². The predicted octanol–water partition coefficient (Wildman–Crippen LogP) is 0.318. The average Bonchev–Trinajstić information content (AvgIpc) is 2.46. The summed E-state index contributed by atoms with van der Waals surface area (Å²) in [4.78, 5) is 8.76. The van der Waals surface area contributed by atoms with Crippen molar-refractivity contribution in [3.63, 3.8) is 0 Å². The van der Waals surface area contributed by atoms with Crippen LogP contribution in [0.4, 0.5) is 5.69 Å². The highest BCUT2D eigenvalue weighted by molar-refractivity contribution is 6.02. The first-order chi connectivity index (χ1) is 8.76. The second-order valence-corrected chi connectivity index (χ2v) is 4.30. The van der Waals surface area contributed by atoms with Crippen LogP contribution in [-0.2, 0) is 0 Å². The zero-order valence-corrected chi connectivity index (χ0v) is 10.6. The fourth-order valence-electron chi connectivity index (χ4n) is 2.21. The molecule has 6 heteroatoms. The van der Waals surface area contributed by atoms with E-state index in [-0.39, 0.29) is 5.84 Å². The number of rotatable bonds is 3. The smallest absolute Gasteiger partial charge is 0.172 e. The molecule has 0 saturated carbocycles. The third-order valence-corrected chi connectivity index (χ3v) is 3.34. The van der Waals surface area contributed by atoms with Crippen LogP contribution in [-0.4, -0.2) is 53.7 Å². The molecule has 1 saturated heterocycles. The number of aromatic nitrogens is 1. The lowest BCUT2D eigenvalue weighted by Crippen LogP contribution is -2.46. The van der Waals surface area contributed by atoms with Crippen molar-refractivity contribution in [1.82, 2.24) is 9.88 Å². The zero-order chi connectivity index (χ0) is 13.0. The van der Waals surface area contributed by atoms with E-state index in [1.165, 1.54) is 0 Å². The number of piperazine rings is 1. The molecule has 1 aromatic rings. The van der Waals surface area contributed by atoms with Crippen molar-refractivity contribution in [1.29, 1.82) is 0 Å². The number of oxime groups is 1. The van der Waals surface area contributed by atoms with E-state index in [1.54, 1.807) is 18.5 Å². The SMILES string of the molecule is CCN1CCN(c2cnccc2/C(N)=N/O)CC1. The van der Waals surface area contributed by atoms with Gasteiger partial charge in [-0.2, -0.15) is 0 Å². The maximum Gasteiger partial charge on any atom is 0.172 e. The van der Waals surface area contributed by atoms with Gasteiger partial charge in [0.2, 0.25) is 0 Å². The molecule has 2 rings (SSSR count). The number of anilines is 1. The molecule has 3 N–H and O–H groups in total. The summed E-state index contributed by atoms with van der Waals surface area (Å²) in [6, 6.07) is 1.77. The molecule has 0 spiro atoms. The van der Waals surface area contributed by atoms with Gasteiger partial charge in [-0.1, -0.05) is 12.1 Å². The van der Waals surface area contributed by atoms with Crippen LogP contribution < -0.4 is 10.6 Å². The highest BCUT2D eigenvalue weighted by atomic mass is 16.4. The van der Waals surface area contributed by atoms with E-state index in [2.05, 4.69) is 26.9 Å². The molecule has 0 aromatic carbocycles. The minimum atomic E-state index is 0.130. The molecule has 1 fully saturated rings. The fourth-order valence-corrected chi connectivity index (χ4v) is 2.21. The predicted molar refractivity (Wildman–Crippen MR) is 71.1 cm³/mol. The lowest BCUT2D eigenvalue weighted by molar-refractivity contribution is 0.271. The van der Waals surface area contributed by atoms with E-state index < -0.39 is 0 Å². The molecule has 0 unspecified atom stereocenters. The lowest BCUT2D eigenvalue weighted by atomic mass is 10.1. The minimum Gasteiger partial charge on any atom is -0.409 e. The molecule has 1 aliphatic rings. The summed E-state index contributed by atoms with van der Waals surface area (Å²) in [6.45, 7) is 7.17. The van der Waals surface area contributed by atoms with E-state index in [0.29, 0.717) is 0 Å². The zero-order valence-electron chi connectivity index (χ0n) is 10.6. The van der Waals surface area contributed by atoms with Crippen LogP contribution in [0.15, 0.2) is 23.6 Å². The first-order valence-corrected chi connectivity index (χ1v) is 6.15. The minimum absolute atomic E-state index is 0.130. The number of hydrogen-bond acceptors (Lipinski definition) is 5. The summed E-state index contributed by atoms with van der Waals surface area (Å²) >= 11 is 0. The maximum absolute atomic E-state index is 8.81. The Bertz CT molecular complexity index is 426. The highest BCUT2D eigenvalue weighted by Gasteiger charge is 2.19. The Hall–Kier alpha value is -1.82. The van der Waals surface area contributed by atoms with E-state index in [9.17, 15) is 0 Å². The van der Waals surface area contributed by atoms with Crippen molar-refractivity contribution in [2.45, 2.75) is 6.92 Å². The summed E-state index contributed by atoms with van der Waals surface area (Å²) in [5.41, 5.74) is 7.36. The van der Waals surface area contributed by atoms with Gasteiger partial charge in [0.15, 0.2) is 5.84 Å². The number of hydrogen-bond donors (Lipinski definition) is 2. The molecule has 0 aliphatic carbocycles. The van der Waals surface area contributed by atoms with Gasteiger partial charge in [-0.3, -0.25) is 4.98 Å². The average molecular weight is 249 g/mol. The van der Waals surface area contributed by atoms with Crippen molar-refractivity contribution >= 4 is 11.5 Å². The lowest BCUT2D eigenvalue weighted by Gasteiger charge is -2.36. The van der Waals surface area contributed by atoms with E-state index in [1.807, 2.05) is 0 Å². The molecule has 98 valence electrons. The molecule has 1 aromatic heterocycles. The molecule has 0 bridgehead atoms. The standard InChI is InChI=1S/C12H19N5O/c1-2-16-5-7-17(8-6-16)11-9-14-4-3-10(11)12(13)15-18/h3-4,9,18H,2,5-8H2,1H3,(H2,13,15). The van der Waals surface area contributed by atoms with Crippen molar-refractivity contribution in [3.05, 3.63) is 24.0 Å². The van der Waals surface area contributed by atoms with Gasteiger partial charge in [0.25, 0.3) is 0 Å². The summed E-state index contributed by atoms with van der Waals surface area (Å²) < 4.78 is 0. The third kappa shape index (κ3) is 2.53. The largest absolute Gasteiger partial charge is 0.409 e. The summed E-state index contributed by atoms with van der Waals surface area (Å²) in [7, 11) is 0. The Kier molecular flexibility index (Phi) is 3.99. The van der Waals surface area contributed by atoms with Crippen LogP contribution in [0.1, 0.15) is 12.5 Å². The van der Waals surface area contributed by atoms with E-state index >= 15 is 0 Å². The Morgan fingerprint density at radius 2 is 2.17 bits per heavy atom. The number of amidine groups is 1. The highest BCUT2D eigenvalue weighted by Crippen LogP contribution is 2.20. The summed E-state index contributed by atoms with van der Waals surface area (Å²) in [6.07, 6.45) is 3.42. The molecule has 0 amide bonds. The maximum atomic E-state index is 8.81. The fraction of sp³-hybridized carbons (Fsp3) is 0.500. The van der Waals surface area contributed by atoms with Gasteiger partial charge in [0, 0.05) is 37.9 Å². The normalized spacial score (nSPS) is 18.1. The van der Waals surface area contributed by atoms with Crippen molar-refractivity contribution in [2.24, 2.45) is 10.9 Å². The monoisotopic (exact) mass is 249 g/mol. The molecule has 1 aliphatic heterocycles. The van der Waals surface area contributed by atoms with Gasteiger partial charge in [-0.25, -0.2) is 0 Å². The molecule has 2 heterocycles. The van der Waals surface area contributed by atoms with Gasteiger partial charge >= 0.3 is 0 Å². The van der Waals surface area contributed by atoms with Gasteiger partial charge in [-0.05, 0) is 12.6 Å². The van der Waals surface area contributed by atoms with Gasteiger partial charge in [0.1, 0.15) is 0 Å². The molecule has 0 radical (unpaired) electrons. The molecular weight excluding hydrogens is 230 g/mol. The van der Waals surface area contributed by atoms with Crippen LogP contribution in [0.2, 0.25) is 0 Å². The number of nitrogens with two attached hydrogens (primary N) is 1. The number of likely N-dealkylation sites (N-methyl/N-ethyl adjacent to an activating group) is 1. The van der Waals surface area contributed by atoms with Crippen molar-refractivity contribution in [2.75, 3.05) is 37.6 Å². The van der Waals surface area contributed by atoms with E-state index in [0.717, 1.165) is 44.0 Å². The number of pyridine rings is 1. The van der Waals surface area contributed by atoms with Gasteiger partial charge < -0.3 is 20.7 Å². The summed E-state index contributed by atoms with van der Waals surface area (Å²) in [5.74, 6) is 0.130. The van der Waals surface area contributed by atoms with Crippen molar-refractivity contribution in [3.8, 4) is 0 Å². The number of nitrogens with zero attached hydrogens (tertiary/aromatic N) is 4. The first kappa shape index (κ1) is 12.6. The van der Waals surface area contributed by atoms with E-state index in [4.69, 9.17) is 10.9 Å². The molecule has 18 heavy (non-hydrogen) atoms. The first-order valence-electron chi connectivity index (χ1n) is 6.15. The Labute approximate surface area is 107 Å². The third-order valence-electron chi connectivity index (χ3n) is 3.34.